The number of hydrogen-bond acceptors (Lipinski definition) is 3. The van der Waals surface area contributed by atoms with Crippen LogP contribution in [-0.2, 0) is 5.75 Å². The molecule has 0 saturated heterocycles. The highest BCUT2D eigenvalue weighted by molar-refractivity contribution is 7.98. The minimum atomic E-state index is -0.442. The lowest BCUT2D eigenvalue weighted by Crippen LogP contribution is -1.92. The maximum atomic E-state index is 13.5. The van der Waals surface area contributed by atoms with Gasteiger partial charge in [0.1, 0.15) is 16.7 Å². The lowest BCUT2D eigenvalue weighted by atomic mass is 10.1. The Bertz CT molecular complexity index is 761. The minimum absolute atomic E-state index is 0.308. The zero-order chi connectivity index (χ0) is 15.4. The van der Waals surface area contributed by atoms with Gasteiger partial charge in [0.25, 0.3) is 0 Å². The van der Waals surface area contributed by atoms with Gasteiger partial charge >= 0.3 is 0 Å². The molecule has 0 saturated carbocycles. The van der Waals surface area contributed by atoms with Crippen molar-refractivity contribution in [1.82, 2.24) is 10.2 Å². The van der Waals surface area contributed by atoms with Gasteiger partial charge in [-0.05, 0) is 30.3 Å². The van der Waals surface area contributed by atoms with E-state index in [1.807, 2.05) is 42.5 Å². The summed E-state index contributed by atoms with van der Waals surface area (Å²) in [6.45, 7) is 0. The van der Waals surface area contributed by atoms with Crippen LogP contribution in [0.15, 0.2) is 65.7 Å². The first-order valence-electron chi connectivity index (χ1n) is 6.68. The molecule has 2 aromatic carbocycles. The molecule has 0 fully saturated rings. The van der Waals surface area contributed by atoms with Crippen LogP contribution >= 0.6 is 11.8 Å². The van der Waals surface area contributed by atoms with Crippen molar-refractivity contribution in [2.45, 2.75) is 10.8 Å². The number of thioether (sulfide) groups is 1. The normalized spacial score (nSPS) is 10.6. The monoisotopic (exact) mass is 314 g/mol. The van der Waals surface area contributed by atoms with Gasteiger partial charge < -0.3 is 0 Å². The zero-order valence-corrected chi connectivity index (χ0v) is 12.4. The Balaban J connectivity index is 1.70. The quantitative estimate of drug-likeness (QED) is 0.652. The summed E-state index contributed by atoms with van der Waals surface area (Å²) in [7, 11) is 0. The first kappa shape index (κ1) is 14.7. The van der Waals surface area contributed by atoms with E-state index in [0.29, 0.717) is 16.3 Å². The predicted octanol–water partition coefficient (Wildman–Crippen LogP) is 4.71. The zero-order valence-electron chi connectivity index (χ0n) is 11.5. The molecule has 3 rings (SSSR count). The molecule has 1 aromatic heterocycles. The van der Waals surface area contributed by atoms with Crippen LogP contribution < -0.4 is 0 Å². The molecular weight excluding hydrogens is 302 g/mol. The fourth-order valence-electron chi connectivity index (χ4n) is 1.97. The van der Waals surface area contributed by atoms with Crippen molar-refractivity contribution < 1.29 is 8.78 Å². The molecule has 0 aliphatic carbocycles. The molecule has 22 heavy (non-hydrogen) atoms. The Morgan fingerprint density at radius 1 is 0.864 bits per heavy atom. The molecule has 0 radical (unpaired) electrons. The summed E-state index contributed by atoms with van der Waals surface area (Å²) in [6.07, 6.45) is 0. The smallest absolute Gasteiger partial charge is 0.127 e. The molecule has 0 aliphatic heterocycles. The van der Waals surface area contributed by atoms with Crippen LogP contribution in [0.2, 0.25) is 0 Å². The van der Waals surface area contributed by atoms with Crippen LogP contribution in [0.1, 0.15) is 5.56 Å². The van der Waals surface area contributed by atoms with Crippen molar-refractivity contribution in [2.24, 2.45) is 0 Å². The molecule has 3 aromatic rings. The van der Waals surface area contributed by atoms with Crippen molar-refractivity contribution in [3.8, 4) is 11.3 Å². The maximum Gasteiger partial charge on any atom is 0.127 e. The molecule has 5 heteroatoms. The molecule has 110 valence electrons. The molecule has 0 aliphatic rings. The summed E-state index contributed by atoms with van der Waals surface area (Å²) < 4.78 is 26.7. The van der Waals surface area contributed by atoms with Gasteiger partial charge in [-0.15, -0.1) is 10.2 Å². The molecule has 0 amide bonds. The van der Waals surface area contributed by atoms with Crippen LogP contribution in [0.3, 0.4) is 0 Å². The van der Waals surface area contributed by atoms with Crippen LogP contribution in [-0.4, -0.2) is 10.2 Å². The molecule has 0 N–H and O–H groups in total. The Morgan fingerprint density at radius 3 is 2.41 bits per heavy atom. The number of benzene rings is 2. The van der Waals surface area contributed by atoms with E-state index < -0.39 is 11.6 Å². The fourth-order valence-corrected chi connectivity index (χ4v) is 2.75. The standard InChI is InChI=1S/C17H12F2N2S/c18-14-6-7-15(19)13(10-14)11-22-17-9-8-16(20-21-17)12-4-2-1-3-5-12/h1-10H,11H2. The van der Waals surface area contributed by atoms with Gasteiger partial charge in [-0.25, -0.2) is 8.78 Å². The second-order valence-electron chi connectivity index (χ2n) is 4.65. The van der Waals surface area contributed by atoms with Gasteiger partial charge in [0, 0.05) is 16.9 Å². The Hall–Kier alpha value is -2.27. The van der Waals surface area contributed by atoms with Crippen molar-refractivity contribution in [3.05, 3.63) is 77.9 Å². The number of hydrogen-bond donors (Lipinski definition) is 0. The van der Waals surface area contributed by atoms with Crippen molar-refractivity contribution in [3.63, 3.8) is 0 Å². The lowest BCUT2D eigenvalue weighted by Gasteiger charge is -2.04. The summed E-state index contributed by atoms with van der Waals surface area (Å²) in [5.74, 6) is -0.548. The van der Waals surface area contributed by atoms with Gasteiger partial charge in [-0.3, -0.25) is 0 Å². The SMILES string of the molecule is Fc1ccc(F)c(CSc2ccc(-c3ccccc3)nn2)c1. The van der Waals surface area contributed by atoms with E-state index in [-0.39, 0.29) is 0 Å². The van der Waals surface area contributed by atoms with Gasteiger partial charge in [0.2, 0.25) is 0 Å². The third-order valence-electron chi connectivity index (χ3n) is 3.09. The highest BCUT2D eigenvalue weighted by Crippen LogP contribution is 2.24. The summed E-state index contributed by atoms with van der Waals surface area (Å²) in [4.78, 5) is 0. The number of halogens is 2. The van der Waals surface area contributed by atoms with Crippen LogP contribution in [0.4, 0.5) is 8.78 Å². The molecule has 1 heterocycles. The molecule has 0 unspecified atom stereocenters. The van der Waals surface area contributed by atoms with E-state index in [0.717, 1.165) is 23.4 Å². The molecular formula is C17H12F2N2S. The average Bonchev–Trinajstić information content (AvgIpc) is 2.57. The summed E-state index contributed by atoms with van der Waals surface area (Å²) in [6, 6.07) is 16.9. The summed E-state index contributed by atoms with van der Waals surface area (Å²) in [5, 5.41) is 8.95. The second-order valence-corrected chi connectivity index (χ2v) is 5.64. The van der Waals surface area contributed by atoms with E-state index in [1.54, 1.807) is 0 Å². The van der Waals surface area contributed by atoms with Gasteiger partial charge in [-0.1, -0.05) is 42.1 Å². The molecule has 0 spiro atoms. The van der Waals surface area contributed by atoms with Crippen molar-refractivity contribution in [2.75, 3.05) is 0 Å². The van der Waals surface area contributed by atoms with E-state index in [4.69, 9.17) is 0 Å². The maximum absolute atomic E-state index is 13.5. The number of nitrogens with zero attached hydrogens (tertiary/aromatic N) is 2. The van der Waals surface area contributed by atoms with Gasteiger partial charge in [0.15, 0.2) is 0 Å². The number of aromatic nitrogens is 2. The molecule has 0 atom stereocenters. The molecule has 0 bridgehead atoms. The number of rotatable bonds is 4. The first-order valence-corrected chi connectivity index (χ1v) is 7.67. The van der Waals surface area contributed by atoms with E-state index in [9.17, 15) is 8.78 Å². The largest absolute Gasteiger partial charge is 0.207 e. The lowest BCUT2D eigenvalue weighted by molar-refractivity contribution is 0.591. The fraction of sp³-hybridized carbons (Fsp3) is 0.0588. The van der Waals surface area contributed by atoms with Gasteiger partial charge in [0.05, 0.1) is 5.69 Å². The third kappa shape index (κ3) is 3.49. The Kier molecular flexibility index (Phi) is 4.44. The van der Waals surface area contributed by atoms with Crippen LogP contribution in [0, 0.1) is 11.6 Å². The van der Waals surface area contributed by atoms with Crippen LogP contribution in [0.5, 0.6) is 0 Å². The highest BCUT2D eigenvalue weighted by atomic mass is 32.2. The Morgan fingerprint density at radius 2 is 1.68 bits per heavy atom. The minimum Gasteiger partial charge on any atom is -0.207 e. The third-order valence-corrected chi connectivity index (χ3v) is 4.06. The van der Waals surface area contributed by atoms with Crippen LogP contribution in [0.25, 0.3) is 11.3 Å². The summed E-state index contributed by atoms with van der Waals surface area (Å²) in [5.41, 5.74) is 2.09. The van der Waals surface area contributed by atoms with Gasteiger partial charge in [-0.2, -0.15) is 0 Å². The van der Waals surface area contributed by atoms with Crippen molar-refractivity contribution in [1.29, 1.82) is 0 Å². The van der Waals surface area contributed by atoms with E-state index in [1.165, 1.54) is 17.8 Å². The summed E-state index contributed by atoms with van der Waals surface area (Å²) >= 11 is 1.32. The first-order chi connectivity index (χ1) is 10.7. The average molecular weight is 314 g/mol. The topological polar surface area (TPSA) is 25.8 Å². The van der Waals surface area contributed by atoms with Crippen molar-refractivity contribution >= 4 is 11.8 Å². The highest BCUT2D eigenvalue weighted by Gasteiger charge is 2.06. The van der Waals surface area contributed by atoms with E-state index in [2.05, 4.69) is 10.2 Å². The Labute approximate surface area is 131 Å². The predicted molar refractivity (Wildman–Crippen MR) is 83.4 cm³/mol. The second kappa shape index (κ2) is 6.66. The van der Waals surface area contributed by atoms with E-state index >= 15 is 0 Å². The molecule has 2 nitrogen and oxygen atoms in total.